The number of ether oxygens (including phenoxy) is 3. The number of nitrogens with zero attached hydrogens (tertiary/aromatic N) is 1. The van der Waals surface area contributed by atoms with Gasteiger partial charge < -0.3 is 19.3 Å². The molecule has 2 aliphatic rings. The minimum Gasteiger partial charge on any atom is -0.454 e. The highest BCUT2D eigenvalue weighted by atomic mass is 16.7. The lowest BCUT2D eigenvalue weighted by atomic mass is 9.87. The Morgan fingerprint density at radius 1 is 1.24 bits per heavy atom. The van der Waals surface area contributed by atoms with E-state index in [1.54, 1.807) is 19.1 Å². The zero-order chi connectivity index (χ0) is 17.8. The van der Waals surface area contributed by atoms with E-state index in [9.17, 15) is 15.2 Å². The number of hydrogen-bond donors (Lipinski definition) is 1. The first-order chi connectivity index (χ1) is 11.9. The van der Waals surface area contributed by atoms with Crippen LogP contribution < -0.4 is 9.47 Å². The van der Waals surface area contributed by atoms with Crippen LogP contribution in [0, 0.1) is 17.0 Å². The van der Waals surface area contributed by atoms with Crippen molar-refractivity contribution in [3.8, 4) is 11.5 Å². The van der Waals surface area contributed by atoms with Crippen molar-refractivity contribution in [2.24, 2.45) is 0 Å². The summed E-state index contributed by atoms with van der Waals surface area (Å²) in [6.07, 6.45) is 0.397. The van der Waals surface area contributed by atoms with Gasteiger partial charge in [-0.15, -0.1) is 0 Å². The number of rotatable bonds is 2. The summed E-state index contributed by atoms with van der Waals surface area (Å²) in [5, 5.41) is 22.4. The third kappa shape index (κ3) is 2.43. The first-order valence-electron chi connectivity index (χ1n) is 7.97. The van der Waals surface area contributed by atoms with E-state index in [1.807, 2.05) is 13.0 Å². The Morgan fingerprint density at radius 2 is 1.96 bits per heavy atom. The molecule has 2 aromatic carbocycles. The lowest BCUT2D eigenvalue weighted by Crippen LogP contribution is -2.40. The van der Waals surface area contributed by atoms with E-state index in [4.69, 9.17) is 14.2 Å². The molecule has 0 spiro atoms. The molecule has 0 aliphatic carbocycles. The first-order valence-corrected chi connectivity index (χ1v) is 7.97. The molecule has 0 bridgehead atoms. The standard InChI is InChI=1S/C18H17NO6/c1-10-5-13(3-4-15(10)19(21)22)18(20)14-8-17-16(23-9-24-17)7-12(14)6-11(2)25-18/h3-5,7-8,11,20H,6,9H2,1-2H3/t11-,18?/m0/s1. The minimum absolute atomic E-state index is 0.00196. The van der Waals surface area contributed by atoms with Crippen LogP contribution in [0.3, 0.4) is 0 Å². The van der Waals surface area contributed by atoms with Gasteiger partial charge in [-0.2, -0.15) is 0 Å². The molecule has 7 heteroatoms. The molecule has 1 N–H and O–H groups in total. The second kappa shape index (κ2) is 5.44. The lowest BCUT2D eigenvalue weighted by molar-refractivity contribution is -0.385. The van der Waals surface area contributed by atoms with E-state index < -0.39 is 10.7 Å². The smallest absolute Gasteiger partial charge is 0.272 e. The van der Waals surface area contributed by atoms with Crippen LogP contribution in [0.2, 0.25) is 0 Å². The number of fused-ring (bicyclic) bond motifs is 2. The second-order valence-corrected chi connectivity index (χ2v) is 6.40. The first kappa shape index (κ1) is 15.9. The maximum Gasteiger partial charge on any atom is 0.272 e. The Balaban J connectivity index is 1.87. The summed E-state index contributed by atoms with van der Waals surface area (Å²) in [5.74, 6) is -0.502. The van der Waals surface area contributed by atoms with Gasteiger partial charge in [0.05, 0.1) is 11.0 Å². The second-order valence-electron chi connectivity index (χ2n) is 6.40. The zero-order valence-electron chi connectivity index (χ0n) is 13.8. The van der Waals surface area contributed by atoms with Crippen LogP contribution in [0.4, 0.5) is 5.69 Å². The topological polar surface area (TPSA) is 91.1 Å². The van der Waals surface area contributed by atoms with Gasteiger partial charge >= 0.3 is 0 Å². The molecule has 0 amide bonds. The molecule has 4 rings (SSSR count). The average molecular weight is 343 g/mol. The molecule has 7 nitrogen and oxygen atoms in total. The molecule has 130 valence electrons. The van der Waals surface area contributed by atoms with Crippen molar-refractivity contribution in [1.82, 2.24) is 0 Å². The number of nitro groups is 1. The van der Waals surface area contributed by atoms with Crippen molar-refractivity contribution < 1.29 is 24.2 Å². The zero-order valence-corrected chi connectivity index (χ0v) is 13.8. The molecule has 1 unspecified atom stereocenters. The normalized spacial score (nSPS) is 24.0. The Bertz CT molecular complexity index is 880. The summed E-state index contributed by atoms with van der Waals surface area (Å²) in [6.45, 7) is 3.65. The van der Waals surface area contributed by atoms with Gasteiger partial charge in [-0.1, -0.05) is 0 Å². The van der Waals surface area contributed by atoms with Gasteiger partial charge in [0, 0.05) is 22.8 Å². The SMILES string of the molecule is Cc1cc(C2(O)O[C@@H](C)Cc3cc4c(cc32)OCO4)ccc1[N+](=O)[O-]. The highest BCUT2D eigenvalue weighted by molar-refractivity contribution is 5.54. The van der Waals surface area contributed by atoms with Crippen LogP contribution in [0.1, 0.15) is 29.2 Å². The third-order valence-corrected chi connectivity index (χ3v) is 4.63. The number of aryl methyl sites for hydroxylation is 1. The molecule has 2 aliphatic heterocycles. The van der Waals surface area contributed by atoms with Crippen LogP contribution in [0.15, 0.2) is 30.3 Å². The number of nitro benzene ring substituents is 1. The molecular weight excluding hydrogens is 326 g/mol. The van der Waals surface area contributed by atoms with Crippen molar-refractivity contribution in [1.29, 1.82) is 0 Å². The average Bonchev–Trinajstić information content (AvgIpc) is 3.00. The molecule has 0 aromatic heterocycles. The van der Waals surface area contributed by atoms with Crippen LogP contribution in [-0.4, -0.2) is 22.9 Å². The van der Waals surface area contributed by atoms with E-state index in [0.717, 1.165) is 5.56 Å². The van der Waals surface area contributed by atoms with E-state index in [0.29, 0.717) is 34.6 Å². The largest absolute Gasteiger partial charge is 0.454 e. The summed E-state index contributed by atoms with van der Waals surface area (Å²) < 4.78 is 16.7. The monoisotopic (exact) mass is 343 g/mol. The fraction of sp³-hybridized carbons (Fsp3) is 0.333. The van der Waals surface area contributed by atoms with E-state index in [2.05, 4.69) is 0 Å². The van der Waals surface area contributed by atoms with Gasteiger partial charge in [-0.25, -0.2) is 0 Å². The van der Waals surface area contributed by atoms with Crippen molar-refractivity contribution in [2.45, 2.75) is 32.2 Å². The Kier molecular flexibility index (Phi) is 3.45. The lowest BCUT2D eigenvalue weighted by Gasteiger charge is -2.38. The minimum atomic E-state index is -1.70. The molecule has 0 fully saturated rings. The summed E-state index contributed by atoms with van der Waals surface area (Å²) in [5.41, 5.74) is 2.38. The molecule has 2 heterocycles. The van der Waals surface area contributed by atoms with Gasteiger partial charge in [0.25, 0.3) is 5.69 Å². The fourth-order valence-electron chi connectivity index (χ4n) is 3.47. The Hall–Kier alpha value is -2.64. The summed E-state index contributed by atoms with van der Waals surface area (Å²) in [4.78, 5) is 10.6. The summed E-state index contributed by atoms with van der Waals surface area (Å²) in [6, 6.07) is 8.08. The van der Waals surface area contributed by atoms with Crippen LogP contribution in [0.5, 0.6) is 11.5 Å². The van der Waals surface area contributed by atoms with Crippen LogP contribution in [-0.2, 0) is 16.9 Å². The quantitative estimate of drug-likeness (QED) is 0.666. The predicted molar refractivity (Wildman–Crippen MR) is 87.6 cm³/mol. The molecule has 2 aromatic rings. The van der Waals surface area contributed by atoms with Crippen molar-refractivity contribution >= 4 is 5.69 Å². The Morgan fingerprint density at radius 3 is 2.64 bits per heavy atom. The van der Waals surface area contributed by atoms with Gasteiger partial charge in [-0.05, 0) is 50.1 Å². The molecule has 25 heavy (non-hydrogen) atoms. The molecule has 2 atom stereocenters. The van der Waals surface area contributed by atoms with Gasteiger partial charge in [0.2, 0.25) is 12.6 Å². The maximum atomic E-state index is 11.4. The number of benzene rings is 2. The van der Waals surface area contributed by atoms with E-state index in [-0.39, 0.29) is 18.6 Å². The van der Waals surface area contributed by atoms with Crippen molar-refractivity contribution in [3.63, 3.8) is 0 Å². The van der Waals surface area contributed by atoms with Crippen LogP contribution in [0.25, 0.3) is 0 Å². The van der Waals surface area contributed by atoms with Gasteiger partial charge in [-0.3, -0.25) is 10.1 Å². The Labute approximate surface area is 143 Å². The highest BCUT2D eigenvalue weighted by Crippen LogP contribution is 2.45. The van der Waals surface area contributed by atoms with Crippen LogP contribution >= 0.6 is 0 Å². The number of hydrogen-bond acceptors (Lipinski definition) is 6. The summed E-state index contributed by atoms with van der Waals surface area (Å²) >= 11 is 0. The van der Waals surface area contributed by atoms with Crippen molar-refractivity contribution in [2.75, 3.05) is 6.79 Å². The highest BCUT2D eigenvalue weighted by Gasteiger charge is 2.42. The molecule has 0 saturated heterocycles. The maximum absolute atomic E-state index is 11.4. The van der Waals surface area contributed by atoms with E-state index in [1.165, 1.54) is 12.1 Å². The molecular formula is C18H17NO6. The fourth-order valence-corrected chi connectivity index (χ4v) is 3.47. The van der Waals surface area contributed by atoms with Crippen molar-refractivity contribution in [3.05, 3.63) is 62.7 Å². The van der Waals surface area contributed by atoms with Gasteiger partial charge in [0.1, 0.15) is 0 Å². The molecule has 0 saturated carbocycles. The van der Waals surface area contributed by atoms with Gasteiger partial charge in [0.15, 0.2) is 11.5 Å². The van der Waals surface area contributed by atoms with E-state index >= 15 is 0 Å². The third-order valence-electron chi connectivity index (χ3n) is 4.63. The molecule has 0 radical (unpaired) electrons. The number of aliphatic hydroxyl groups is 1. The summed E-state index contributed by atoms with van der Waals surface area (Å²) in [7, 11) is 0. The predicted octanol–water partition coefficient (Wildman–Crippen LogP) is 2.79.